The minimum Gasteiger partial charge on any atom is -0.497 e. The minimum absolute atomic E-state index is 0.115. The number of amides is 1. The Morgan fingerprint density at radius 3 is 2.50 bits per heavy atom. The number of nitrogens with one attached hydrogen (secondary N) is 1. The molecule has 0 bridgehead atoms. The van der Waals surface area contributed by atoms with Crippen LogP contribution in [0.3, 0.4) is 0 Å². The van der Waals surface area contributed by atoms with E-state index in [4.69, 9.17) is 4.74 Å². The van der Waals surface area contributed by atoms with E-state index in [9.17, 15) is 9.59 Å². The van der Waals surface area contributed by atoms with Gasteiger partial charge in [-0.05, 0) is 17.7 Å². The number of carbonyl (C=O) groups is 1. The standard InChI is InChI=1S/C23H26N4O3/c1-25-20(18-8-4-3-5-9-18)21(22(28)26-13-11-24-12-14-26)27(23(25)29)16-17-7-6-10-19(15-17)30-2/h3-10,15,24H,11-14,16H2,1-2H3. The number of ether oxygens (including phenoxy) is 1. The van der Waals surface area contributed by atoms with Crippen molar-refractivity contribution in [3.8, 4) is 17.0 Å². The Balaban J connectivity index is 1.86. The number of aromatic nitrogens is 2. The molecule has 1 aromatic heterocycles. The number of nitrogens with zero attached hydrogens (tertiary/aromatic N) is 3. The Morgan fingerprint density at radius 2 is 1.80 bits per heavy atom. The number of hydrogen-bond donors (Lipinski definition) is 1. The van der Waals surface area contributed by atoms with Crippen molar-refractivity contribution in [1.82, 2.24) is 19.4 Å². The zero-order valence-electron chi connectivity index (χ0n) is 17.3. The summed E-state index contributed by atoms with van der Waals surface area (Å²) in [5.74, 6) is 0.602. The van der Waals surface area contributed by atoms with Crippen LogP contribution in [0.5, 0.6) is 5.75 Å². The third kappa shape index (κ3) is 3.76. The van der Waals surface area contributed by atoms with Gasteiger partial charge in [-0.15, -0.1) is 0 Å². The number of methoxy groups -OCH3 is 1. The molecule has 156 valence electrons. The fraction of sp³-hybridized carbons (Fsp3) is 0.304. The summed E-state index contributed by atoms with van der Waals surface area (Å²) in [6.45, 7) is 3.03. The predicted octanol–water partition coefficient (Wildman–Crippen LogP) is 1.96. The zero-order chi connectivity index (χ0) is 21.1. The predicted molar refractivity (Wildman–Crippen MR) is 116 cm³/mol. The van der Waals surface area contributed by atoms with E-state index >= 15 is 0 Å². The van der Waals surface area contributed by atoms with Crippen LogP contribution in [-0.4, -0.2) is 53.2 Å². The lowest BCUT2D eigenvalue weighted by molar-refractivity contribution is 0.0726. The van der Waals surface area contributed by atoms with Gasteiger partial charge in [0, 0.05) is 38.8 Å². The van der Waals surface area contributed by atoms with E-state index in [0.717, 1.165) is 30.0 Å². The summed E-state index contributed by atoms with van der Waals surface area (Å²) in [6, 6.07) is 17.2. The largest absolute Gasteiger partial charge is 0.497 e. The molecular formula is C23H26N4O3. The van der Waals surface area contributed by atoms with Gasteiger partial charge in [0.2, 0.25) is 0 Å². The fourth-order valence-corrected chi connectivity index (χ4v) is 3.92. The molecule has 0 spiro atoms. The van der Waals surface area contributed by atoms with Gasteiger partial charge < -0.3 is 15.0 Å². The van der Waals surface area contributed by atoms with Gasteiger partial charge in [-0.3, -0.25) is 13.9 Å². The third-order valence-corrected chi connectivity index (χ3v) is 5.48. The summed E-state index contributed by atoms with van der Waals surface area (Å²) in [5, 5.41) is 3.27. The second-order valence-corrected chi connectivity index (χ2v) is 7.38. The molecule has 0 aliphatic carbocycles. The first-order valence-electron chi connectivity index (χ1n) is 10.1. The second-order valence-electron chi connectivity index (χ2n) is 7.38. The lowest BCUT2D eigenvalue weighted by atomic mass is 10.1. The van der Waals surface area contributed by atoms with Crippen LogP contribution < -0.4 is 15.7 Å². The average molecular weight is 406 g/mol. The van der Waals surface area contributed by atoms with E-state index in [0.29, 0.717) is 31.0 Å². The van der Waals surface area contributed by atoms with Crippen molar-refractivity contribution >= 4 is 5.91 Å². The van der Waals surface area contributed by atoms with Gasteiger partial charge >= 0.3 is 5.69 Å². The highest BCUT2D eigenvalue weighted by molar-refractivity contribution is 5.98. The average Bonchev–Trinajstić information content (AvgIpc) is 3.04. The van der Waals surface area contributed by atoms with Gasteiger partial charge in [-0.2, -0.15) is 0 Å². The summed E-state index contributed by atoms with van der Waals surface area (Å²) in [5.41, 5.74) is 2.61. The SMILES string of the molecule is COc1cccc(Cn2c(C(=O)N3CCNCC3)c(-c3ccccc3)n(C)c2=O)c1. The molecule has 0 unspecified atom stereocenters. The molecule has 0 atom stereocenters. The summed E-state index contributed by atoms with van der Waals surface area (Å²) < 4.78 is 8.48. The monoisotopic (exact) mass is 406 g/mol. The highest BCUT2D eigenvalue weighted by Crippen LogP contribution is 2.25. The summed E-state index contributed by atoms with van der Waals surface area (Å²) in [7, 11) is 3.34. The van der Waals surface area contributed by atoms with Gasteiger partial charge in [-0.25, -0.2) is 4.79 Å². The minimum atomic E-state index is -0.213. The molecule has 30 heavy (non-hydrogen) atoms. The smallest absolute Gasteiger partial charge is 0.329 e. The first kappa shape index (κ1) is 20.0. The molecule has 2 aromatic carbocycles. The number of hydrogen-bond acceptors (Lipinski definition) is 4. The molecule has 3 aromatic rings. The van der Waals surface area contributed by atoms with E-state index < -0.39 is 0 Å². The topological polar surface area (TPSA) is 68.5 Å². The van der Waals surface area contributed by atoms with E-state index in [1.165, 1.54) is 0 Å². The van der Waals surface area contributed by atoms with E-state index in [2.05, 4.69) is 5.32 Å². The van der Waals surface area contributed by atoms with Gasteiger partial charge in [0.15, 0.2) is 0 Å². The zero-order valence-corrected chi connectivity index (χ0v) is 17.3. The Morgan fingerprint density at radius 1 is 1.07 bits per heavy atom. The number of rotatable bonds is 5. The first-order valence-corrected chi connectivity index (χ1v) is 10.1. The fourth-order valence-electron chi connectivity index (χ4n) is 3.92. The van der Waals surface area contributed by atoms with Crippen molar-refractivity contribution < 1.29 is 9.53 Å². The summed E-state index contributed by atoms with van der Waals surface area (Å²) in [6.07, 6.45) is 0. The highest BCUT2D eigenvalue weighted by atomic mass is 16.5. The molecule has 2 heterocycles. The third-order valence-electron chi connectivity index (χ3n) is 5.48. The van der Waals surface area contributed by atoms with Crippen LogP contribution in [0.15, 0.2) is 59.4 Å². The van der Waals surface area contributed by atoms with Crippen LogP contribution in [0.2, 0.25) is 0 Å². The molecule has 1 aliphatic heterocycles. The lowest BCUT2D eigenvalue weighted by Crippen LogP contribution is -2.47. The lowest BCUT2D eigenvalue weighted by Gasteiger charge is -2.28. The second kappa shape index (κ2) is 8.59. The number of benzene rings is 2. The first-order chi connectivity index (χ1) is 14.6. The van der Waals surface area contributed by atoms with E-state index in [-0.39, 0.29) is 11.6 Å². The maximum Gasteiger partial charge on any atom is 0.329 e. The van der Waals surface area contributed by atoms with Crippen LogP contribution in [0, 0.1) is 0 Å². The molecule has 7 nitrogen and oxygen atoms in total. The Kier molecular flexibility index (Phi) is 5.72. The van der Waals surface area contributed by atoms with Gasteiger partial charge in [0.05, 0.1) is 19.3 Å². The van der Waals surface area contributed by atoms with Crippen LogP contribution in [0.4, 0.5) is 0 Å². The Labute approximate surface area is 175 Å². The molecule has 1 aliphatic rings. The molecule has 1 saturated heterocycles. The van der Waals surface area contributed by atoms with Crippen molar-refractivity contribution in [2.24, 2.45) is 7.05 Å². The van der Waals surface area contributed by atoms with E-state index in [1.807, 2.05) is 59.5 Å². The molecule has 1 fully saturated rings. The van der Waals surface area contributed by atoms with Crippen molar-refractivity contribution in [2.75, 3.05) is 33.3 Å². The molecule has 1 amide bonds. The van der Waals surface area contributed by atoms with Crippen molar-refractivity contribution in [1.29, 1.82) is 0 Å². The van der Waals surface area contributed by atoms with E-state index in [1.54, 1.807) is 23.3 Å². The van der Waals surface area contributed by atoms with Gasteiger partial charge in [-0.1, -0.05) is 42.5 Å². The molecule has 0 radical (unpaired) electrons. The Bertz CT molecular complexity index is 1100. The molecule has 4 rings (SSSR count). The van der Waals surface area contributed by atoms with Crippen molar-refractivity contribution in [2.45, 2.75) is 6.54 Å². The van der Waals surface area contributed by atoms with Crippen LogP contribution in [-0.2, 0) is 13.6 Å². The molecule has 0 saturated carbocycles. The van der Waals surface area contributed by atoms with Crippen molar-refractivity contribution in [3.63, 3.8) is 0 Å². The van der Waals surface area contributed by atoms with Gasteiger partial charge in [0.1, 0.15) is 11.4 Å². The van der Waals surface area contributed by atoms with Crippen LogP contribution in [0.25, 0.3) is 11.3 Å². The normalized spacial score (nSPS) is 14.0. The maximum absolute atomic E-state index is 13.6. The number of piperazine rings is 1. The number of carbonyl (C=O) groups excluding carboxylic acids is 1. The number of imidazole rings is 1. The maximum atomic E-state index is 13.6. The Hall–Kier alpha value is -3.32. The molecular weight excluding hydrogens is 380 g/mol. The van der Waals surface area contributed by atoms with Crippen LogP contribution in [0.1, 0.15) is 16.1 Å². The molecule has 1 N–H and O–H groups in total. The van der Waals surface area contributed by atoms with Crippen molar-refractivity contribution in [3.05, 3.63) is 76.3 Å². The molecule has 7 heteroatoms. The van der Waals surface area contributed by atoms with Crippen LogP contribution >= 0.6 is 0 Å². The summed E-state index contributed by atoms with van der Waals surface area (Å²) in [4.78, 5) is 28.7. The quantitative estimate of drug-likeness (QED) is 0.703. The summed E-state index contributed by atoms with van der Waals surface area (Å²) >= 11 is 0. The van der Waals surface area contributed by atoms with Gasteiger partial charge in [0.25, 0.3) is 5.91 Å². The highest BCUT2D eigenvalue weighted by Gasteiger charge is 2.29.